The highest BCUT2D eigenvalue weighted by molar-refractivity contribution is 5.98. The lowest BCUT2D eigenvalue weighted by Crippen LogP contribution is -2.31. The number of aliphatic carboxylic acids is 1. The van der Waals surface area contributed by atoms with Crippen molar-refractivity contribution in [3.8, 4) is 0 Å². The van der Waals surface area contributed by atoms with Crippen LogP contribution in [0.15, 0.2) is 54.6 Å². The van der Waals surface area contributed by atoms with Crippen molar-refractivity contribution in [3.05, 3.63) is 65.7 Å². The van der Waals surface area contributed by atoms with Gasteiger partial charge in [0.2, 0.25) is 0 Å². The molecule has 0 aromatic heterocycles. The fraction of sp³-hybridized carbons (Fsp3) is 0.167. The number of rotatable bonds is 6. The number of amides is 3. The van der Waals surface area contributed by atoms with E-state index in [0.717, 1.165) is 5.56 Å². The molecule has 7 nitrogen and oxygen atoms in total. The van der Waals surface area contributed by atoms with Crippen LogP contribution in [0.1, 0.15) is 28.9 Å². The van der Waals surface area contributed by atoms with Crippen molar-refractivity contribution in [3.63, 3.8) is 0 Å². The van der Waals surface area contributed by atoms with E-state index in [2.05, 4.69) is 16.0 Å². The smallest absolute Gasteiger partial charge is 0.322 e. The normalized spacial score (nSPS) is 11.2. The third-order valence-electron chi connectivity index (χ3n) is 3.43. The van der Waals surface area contributed by atoms with Crippen molar-refractivity contribution in [2.24, 2.45) is 0 Å². The molecule has 4 N–H and O–H groups in total. The number of carboxylic acids is 1. The SMILES string of the molecule is CC(NC(=O)Nc1cccc(C(=O)NCC(=O)O)c1)c1ccccc1. The summed E-state index contributed by atoms with van der Waals surface area (Å²) in [5.41, 5.74) is 1.66. The van der Waals surface area contributed by atoms with Gasteiger partial charge < -0.3 is 21.1 Å². The molecule has 0 saturated heterocycles. The van der Waals surface area contributed by atoms with Crippen molar-refractivity contribution in [2.75, 3.05) is 11.9 Å². The topological polar surface area (TPSA) is 108 Å². The first-order valence-corrected chi connectivity index (χ1v) is 7.68. The lowest BCUT2D eigenvalue weighted by molar-refractivity contribution is -0.135. The van der Waals surface area contributed by atoms with Crippen LogP contribution in [0.3, 0.4) is 0 Å². The summed E-state index contributed by atoms with van der Waals surface area (Å²) in [6, 6.07) is 15.2. The molecule has 2 rings (SSSR count). The molecule has 0 aliphatic rings. The maximum atomic E-state index is 12.1. The van der Waals surface area contributed by atoms with Gasteiger partial charge in [-0.25, -0.2) is 4.79 Å². The number of carbonyl (C=O) groups is 3. The standard InChI is InChI=1S/C18H19N3O4/c1-12(13-6-3-2-4-7-13)20-18(25)21-15-9-5-8-14(10-15)17(24)19-11-16(22)23/h2-10,12H,11H2,1H3,(H,19,24)(H,22,23)(H2,20,21,25). The van der Waals surface area contributed by atoms with Gasteiger partial charge in [-0.05, 0) is 30.7 Å². The number of hydrogen-bond acceptors (Lipinski definition) is 3. The van der Waals surface area contributed by atoms with Gasteiger partial charge in [-0.2, -0.15) is 0 Å². The van der Waals surface area contributed by atoms with Gasteiger partial charge in [-0.3, -0.25) is 9.59 Å². The van der Waals surface area contributed by atoms with E-state index >= 15 is 0 Å². The Kier molecular flexibility index (Phi) is 6.11. The molecule has 7 heteroatoms. The fourth-order valence-electron chi connectivity index (χ4n) is 2.19. The molecule has 0 heterocycles. The molecule has 0 saturated carbocycles. The Morgan fingerprint density at radius 3 is 2.44 bits per heavy atom. The van der Waals surface area contributed by atoms with Gasteiger partial charge in [-0.15, -0.1) is 0 Å². The fourth-order valence-corrected chi connectivity index (χ4v) is 2.19. The van der Waals surface area contributed by atoms with Gasteiger partial charge in [0.25, 0.3) is 5.91 Å². The Bertz CT molecular complexity index is 762. The minimum Gasteiger partial charge on any atom is -0.480 e. The Labute approximate surface area is 145 Å². The predicted molar refractivity (Wildman–Crippen MR) is 93.4 cm³/mol. The molecule has 1 unspecified atom stereocenters. The Balaban J connectivity index is 1.95. The van der Waals surface area contributed by atoms with Crippen LogP contribution < -0.4 is 16.0 Å². The maximum absolute atomic E-state index is 12.1. The number of benzene rings is 2. The van der Waals surface area contributed by atoms with Gasteiger partial charge in [-0.1, -0.05) is 36.4 Å². The minimum atomic E-state index is -1.13. The summed E-state index contributed by atoms with van der Waals surface area (Å²) in [5.74, 6) is -1.65. The highest BCUT2D eigenvalue weighted by Gasteiger charge is 2.11. The first kappa shape index (κ1) is 18.0. The molecule has 2 aromatic carbocycles. The van der Waals surface area contributed by atoms with Crippen LogP contribution in [0.2, 0.25) is 0 Å². The van der Waals surface area contributed by atoms with Gasteiger partial charge >= 0.3 is 12.0 Å². The van der Waals surface area contributed by atoms with E-state index in [-0.39, 0.29) is 11.6 Å². The molecule has 0 fully saturated rings. The van der Waals surface area contributed by atoms with E-state index in [1.807, 2.05) is 37.3 Å². The van der Waals surface area contributed by atoms with E-state index in [4.69, 9.17) is 5.11 Å². The molecule has 0 radical (unpaired) electrons. The van der Waals surface area contributed by atoms with Crippen LogP contribution in [0, 0.1) is 0 Å². The average molecular weight is 341 g/mol. The Hall–Kier alpha value is -3.35. The summed E-state index contributed by atoms with van der Waals surface area (Å²) in [4.78, 5) is 34.4. The quantitative estimate of drug-likeness (QED) is 0.647. The molecule has 0 aliphatic carbocycles. The van der Waals surface area contributed by atoms with Gasteiger partial charge in [0.1, 0.15) is 6.54 Å². The Morgan fingerprint density at radius 2 is 1.76 bits per heavy atom. The molecule has 3 amide bonds. The molecule has 0 aliphatic heterocycles. The van der Waals surface area contributed by atoms with Crippen molar-refractivity contribution in [2.45, 2.75) is 13.0 Å². The number of hydrogen-bond donors (Lipinski definition) is 4. The van der Waals surface area contributed by atoms with Crippen LogP contribution in [0.4, 0.5) is 10.5 Å². The summed E-state index contributed by atoms with van der Waals surface area (Å²) < 4.78 is 0. The van der Waals surface area contributed by atoms with E-state index in [0.29, 0.717) is 5.69 Å². The highest BCUT2D eigenvalue weighted by Crippen LogP contribution is 2.13. The molecule has 0 bridgehead atoms. The number of anilines is 1. The van der Waals surface area contributed by atoms with Crippen LogP contribution in [0.25, 0.3) is 0 Å². The van der Waals surface area contributed by atoms with E-state index < -0.39 is 24.5 Å². The maximum Gasteiger partial charge on any atom is 0.322 e. The van der Waals surface area contributed by atoms with Crippen molar-refractivity contribution in [1.82, 2.24) is 10.6 Å². The van der Waals surface area contributed by atoms with Crippen molar-refractivity contribution < 1.29 is 19.5 Å². The number of carboxylic acid groups (broad SMARTS) is 1. The summed E-state index contributed by atoms with van der Waals surface area (Å²) >= 11 is 0. The second-order valence-electron chi connectivity index (χ2n) is 5.39. The molecule has 2 aromatic rings. The lowest BCUT2D eigenvalue weighted by Gasteiger charge is -2.15. The molecule has 25 heavy (non-hydrogen) atoms. The largest absolute Gasteiger partial charge is 0.480 e. The number of urea groups is 1. The zero-order valence-electron chi connectivity index (χ0n) is 13.7. The third-order valence-corrected chi connectivity index (χ3v) is 3.43. The van der Waals surface area contributed by atoms with E-state index in [1.54, 1.807) is 12.1 Å². The zero-order chi connectivity index (χ0) is 18.2. The molecule has 1 atom stereocenters. The third kappa shape index (κ3) is 5.65. The summed E-state index contributed by atoms with van der Waals surface area (Å²) in [5, 5.41) is 16.3. The number of nitrogens with one attached hydrogen (secondary N) is 3. The van der Waals surface area contributed by atoms with E-state index in [9.17, 15) is 14.4 Å². The Morgan fingerprint density at radius 1 is 1.04 bits per heavy atom. The van der Waals surface area contributed by atoms with Gasteiger partial charge in [0.15, 0.2) is 0 Å². The van der Waals surface area contributed by atoms with Gasteiger partial charge in [0, 0.05) is 11.3 Å². The van der Waals surface area contributed by atoms with E-state index in [1.165, 1.54) is 12.1 Å². The van der Waals surface area contributed by atoms with Crippen LogP contribution in [0.5, 0.6) is 0 Å². The summed E-state index contributed by atoms with van der Waals surface area (Å²) in [7, 11) is 0. The number of carbonyl (C=O) groups excluding carboxylic acids is 2. The molecule has 0 spiro atoms. The van der Waals surface area contributed by atoms with Crippen molar-refractivity contribution >= 4 is 23.6 Å². The van der Waals surface area contributed by atoms with Crippen LogP contribution >= 0.6 is 0 Å². The van der Waals surface area contributed by atoms with Gasteiger partial charge in [0.05, 0.1) is 6.04 Å². The molecular formula is C18H19N3O4. The van der Waals surface area contributed by atoms with Crippen LogP contribution in [-0.2, 0) is 4.79 Å². The first-order chi connectivity index (χ1) is 12.0. The lowest BCUT2D eigenvalue weighted by atomic mass is 10.1. The van der Waals surface area contributed by atoms with Crippen molar-refractivity contribution in [1.29, 1.82) is 0 Å². The second-order valence-corrected chi connectivity index (χ2v) is 5.39. The average Bonchev–Trinajstić information content (AvgIpc) is 2.60. The zero-order valence-corrected chi connectivity index (χ0v) is 13.7. The summed E-state index contributed by atoms with van der Waals surface area (Å²) in [6.07, 6.45) is 0. The molecule has 130 valence electrons. The predicted octanol–water partition coefficient (Wildman–Crippen LogP) is 2.38. The second kappa shape index (κ2) is 8.49. The monoisotopic (exact) mass is 341 g/mol. The summed E-state index contributed by atoms with van der Waals surface area (Å²) in [6.45, 7) is 1.40. The minimum absolute atomic E-state index is 0.178. The highest BCUT2D eigenvalue weighted by atomic mass is 16.4. The first-order valence-electron chi connectivity index (χ1n) is 7.68. The molecular weight excluding hydrogens is 322 g/mol. The van der Waals surface area contributed by atoms with Crippen LogP contribution in [-0.4, -0.2) is 29.6 Å².